The second kappa shape index (κ2) is 11.1. The molecule has 3 rings (SSSR count). The van der Waals surface area contributed by atoms with Crippen molar-refractivity contribution in [2.75, 3.05) is 26.2 Å². The normalized spacial score (nSPS) is 15.3. The van der Waals surface area contributed by atoms with Gasteiger partial charge in [0.2, 0.25) is 0 Å². The Morgan fingerprint density at radius 2 is 2.28 bits per heavy atom. The smallest absolute Gasteiger partial charge is 0.317 e. The van der Waals surface area contributed by atoms with Gasteiger partial charge in [-0.3, -0.25) is 19.7 Å². The van der Waals surface area contributed by atoms with E-state index in [0.29, 0.717) is 32.2 Å². The molecule has 0 unspecified atom stereocenters. The Balaban J connectivity index is 1.44. The maximum atomic E-state index is 11.1. The molecule has 1 atom stereocenters. The Kier molecular flexibility index (Phi) is 7.99. The standard InChI is InChI=1S/C22H26N4O3/c27-22(28)16-26(15-19-7-3-4-9-24-19)11-5-1-2-6-18-12-21(14-23-13-18)29-17-20-8-10-25-20/h3-4,7,9,12-14,20,25H,1,5,8,10-11,15-17H2,(H,27,28)/t20-/m0/s1. The van der Waals surface area contributed by atoms with Crippen molar-refractivity contribution in [3.05, 3.63) is 54.1 Å². The molecule has 7 nitrogen and oxygen atoms in total. The zero-order valence-corrected chi connectivity index (χ0v) is 16.4. The van der Waals surface area contributed by atoms with Crippen LogP contribution in [0.25, 0.3) is 0 Å². The van der Waals surface area contributed by atoms with Crippen molar-refractivity contribution >= 4 is 5.97 Å². The molecule has 1 fully saturated rings. The van der Waals surface area contributed by atoms with Crippen molar-refractivity contribution in [3.8, 4) is 17.6 Å². The van der Waals surface area contributed by atoms with Crippen molar-refractivity contribution in [3.63, 3.8) is 0 Å². The second-order valence-electron chi connectivity index (χ2n) is 6.99. The molecule has 7 heteroatoms. The highest BCUT2D eigenvalue weighted by Gasteiger charge is 2.16. The van der Waals surface area contributed by atoms with Crippen LogP contribution in [0.3, 0.4) is 0 Å². The van der Waals surface area contributed by atoms with Crippen molar-refractivity contribution in [2.45, 2.75) is 31.8 Å². The summed E-state index contributed by atoms with van der Waals surface area (Å²) in [6.07, 6.45) is 7.74. The van der Waals surface area contributed by atoms with Gasteiger partial charge in [0.15, 0.2) is 0 Å². The molecule has 1 aliphatic rings. The number of aliphatic carboxylic acids is 1. The minimum Gasteiger partial charge on any atom is -0.490 e. The number of nitrogens with zero attached hydrogens (tertiary/aromatic N) is 3. The molecule has 2 aromatic rings. The Hall–Kier alpha value is -2.95. The van der Waals surface area contributed by atoms with Gasteiger partial charge in [0.25, 0.3) is 0 Å². The number of pyridine rings is 2. The SMILES string of the molecule is O=C(O)CN(CCCC#Cc1cncc(OC[C@@H]2CCN2)c1)Cc1ccccn1. The van der Waals surface area contributed by atoms with Gasteiger partial charge in [0, 0.05) is 43.5 Å². The Morgan fingerprint density at radius 3 is 3.00 bits per heavy atom. The molecule has 0 spiro atoms. The van der Waals surface area contributed by atoms with E-state index in [1.807, 2.05) is 29.2 Å². The predicted octanol–water partition coefficient (Wildman–Crippen LogP) is 1.94. The van der Waals surface area contributed by atoms with Gasteiger partial charge >= 0.3 is 5.97 Å². The third-order valence-corrected chi connectivity index (χ3v) is 4.57. The molecule has 0 aliphatic carbocycles. The number of rotatable bonds is 10. The number of unbranched alkanes of at least 4 members (excludes halogenated alkanes) is 1. The number of aromatic nitrogens is 2. The van der Waals surface area contributed by atoms with Gasteiger partial charge in [-0.2, -0.15) is 0 Å². The summed E-state index contributed by atoms with van der Waals surface area (Å²) in [6.45, 7) is 2.86. The maximum Gasteiger partial charge on any atom is 0.317 e. The zero-order valence-electron chi connectivity index (χ0n) is 16.4. The summed E-state index contributed by atoms with van der Waals surface area (Å²) in [5, 5.41) is 12.4. The molecule has 1 saturated heterocycles. The molecular formula is C22H26N4O3. The van der Waals surface area contributed by atoms with E-state index in [4.69, 9.17) is 9.84 Å². The number of hydrogen-bond acceptors (Lipinski definition) is 6. The van der Waals surface area contributed by atoms with Crippen molar-refractivity contribution < 1.29 is 14.6 Å². The predicted molar refractivity (Wildman–Crippen MR) is 109 cm³/mol. The summed E-state index contributed by atoms with van der Waals surface area (Å²) in [5.74, 6) is 6.14. The van der Waals surface area contributed by atoms with Crippen LogP contribution in [0.5, 0.6) is 5.75 Å². The average molecular weight is 394 g/mol. The minimum atomic E-state index is -0.841. The van der Waals surface area contributed by atoms with Gasteiger partial charge in [0.05, 0.1) is 18.4 Å². The fourth-order valence-corrected chi connectivity index (χ4v) is 2.94. The molecule has 0 bridgehead atoms. The number of carboxylic acids is 1. The fourth-order valence-electron chi connectivity index (χ4n) is 2.94. The largest absolute Gasteiger partial charge is 0.490 e. The van der Waals surface area contributed by atoms with Gasteiger partial charge < -0.3 is 15.2 Å². The zero-order chi connectivity index (χ0) is 20.3. The van der Waals surface area contributed by atoms with Crippen molar-refractivity contribution in [1.82, 2.24) is 20.2 Å². The Bertz CT molecular complexity index is 844. The lowest BCUT2D eigenvalue weighted by Gasteiger charge is -2.27. The molecule has 3 heterocycles. The van der Waals surface area contributed by atoms with Gasteiger partial charge in [-0.1, -0.05) is 17.9 Å². The summed E-state index contributed by atoms with van der Waals surface area (Å²) in [7, 11) is 0. The van der Waals surface area contributed by atoms with E-state index in [1.54, 1.807) is 18.6 Å². The highest BCUT2D eigenvalue weighted by atomic mass is 16.5. The van der Waals surface area contributed by atoms with E-state index in [1.165, 1.54) is 0 Å². The average Bonchev–Trinajstić information content (AvgIpc) is 2.67. The van der Waals surface area contributed by atoms with Crippen LogP contribution in [0.1, 0.15) is 30.5 Å². The lowest BCUT2D eigenvalue weighted by Crippen LogP contribution is -2.46. The van der Waals surface area contributed by atoms with Gasteiger partial charge in [-0.15, -0.1) is 0 Å². The molecule has 2 N–H and O–H groups in total. The number of nitrogens with one attached hydrogen (secondary N) is 1. The van der Waals surface area contributed by atoms with Crippen molar-refractivity contribution in [2.24, 2.45) is 0 Å². The summed E-state index contributed by atoms with van der Waals surface area (Å²) < 4.78 is 5.74. The minimum absolute atomic E-state index is 0.0108. The Labute approximate surface area is 171 Å². The molecule has 1 aliphatic heterocycles. The van der Waals surface area contributed by atoms with Crippen LogP contribution in [0, 0.1) is 11.8 Å². The first-order chi connectivity index (χ1) is 14.2. The number of hydrogen-bond donors (Lipinski definition) is 2. The molecule has 0 saturated carbocycles. The van der Waals surface area contributed by atoms with Gasteiger partial charge in [-0.05, 0) is 37.6 Å². The molecule has 152 valence electrons. The number of carboxylic acid groups (broad SMARTS) is 1. The maximum absolute atomic E-state index is 11.1. The molecular weight excluding hydrogens is 368 g/mol. The first-order valence-corrected chi connectivity index (χ1v) is 9.83. The fraction of sp³-hybridized carbons (Fsp3) is 0.409. The van der Waals surface area contributed by atoms with Crippen LogP contribution < -0.4 is 10.1 Å². The van der Waals surface area contributed by atoms with E-state index in [9.17, 15) is 4.79 Å². The summed E-state index contributed by atoms with van der Waals surface area (Å²) in [6, 6.07) is 7.99. The van der Waals surface area contributed by atoms with E-state index < -0.39 is 5.97 Å². The lowest BCUT2D eigenvalue weighted by molar-refractivity contribution is -0.138. The van der Waals surface area contributed by atoms with Crippen LogP contribution >= 0.6 is 0 Å². The van der Waals surface area contributed by atoms with E-state index in [0.717, 1.165) is 36.4 Å². The molecule has 29 heavy (non-hydrogen) atoms. The first-order valence-electron chi connectivity index (χ1n) is 9.83. The van der Waals surface area contributed by atoms with Crippen LogP contribution in [-0.4, -0.2) is 58.2 Å². The van der Waals surface area contributed by atoms with E-state index >= 15 is 0 Å². The van der Waals surface area contributed by atoms with Crippen LogP contribution in [0.4, 0.5) is 0 Å². The quantitative estimate of drug-likeness (QED) is 0.470. The highest BCUT2D eigenvalue weighted by Crippen LogP contribution is 2.12. The Morgan fingerprint density at radius 1 is 1.38 bits per heavy atom. The lowest BCUT2D eigenvalue weighted by atomic mass is 10.1. The first kappa shape index (κ1) is 20.8. The van der Waals surface area contributed by atoms with Crippen LogP contribution in [-0.2, 0) is 11.3 Å². The third-order valence-electron chi connectivity index (χ3n) is 4.57. The van der Waals surface area contributed by atoms with Gasteiger partial charge in [-0.25, -0.2) is 0 Å². The highest BCUT2D eigenvalue weighted by molar-refractivity contribution is 5.69. The molecule has 0 amide bonds. The third kappa shape index (κ3) is 7.53. The molecule has 0 aromatic carbocycles. The molecule has 2 aromatic heterocycles. The second-order valence-corrected chi connectivity index (χ2v) is 6.99. The van der Waals surface area contributed by atoms with E-state index in [2.05, 4.69) is 27.1 Å². The van der Waals surface area contributed by atoms with Crippen molar-refractivity contribution in [1.29, 1.82) is 0 Å². The molecule has 0 radical (unpaired) electrons. The summed E-state index contributed by atoms with van der Waals surface area (Å²) in [4.78, 5) is 21.4. The topological polar surface area (TPSA) is 87.6 Å². The number of carbonyl (C=O) groups is 1. The van der Waals surface area contributed by atoms with Crippen LogP contribution in [0.15, 0.2) is 42.9 Å². The summed E-state index contributed by atoms with van der Waals surface area (Å²) >= 11 is 0. The van der Waals surface area contributed by atoms with Gasteiger partial charge in [0.1, 0.15) is 12.4 Å². The van der Waals surface area contributed by atoms with Crippen LogP contribution in [0.2, 0.25) is 0 Å². The monoisotopic (exact) mass is 394 g/mol. The summed E-state index contributed by atoms with van der Waals surface area (Å²) in [5.41, 5.74) is 1.68. The number of ether oxygens (including phenoxy) is 1. The van der Waals surface area contributed by atoms with E-state index in [-0.39, 0.29) is 6.54 Å².